The smallest absolute Gasteiger partial charge is 0.249 e. The van der Waals surface area contributed by atoms with Gasteiger partial charge in [-0.3, -0.25) is 4.79 Å². The molecule has 1 saturated heterocycles. The first-order chi connectivity index (χ1) is 18.6. The van der Waals surface area contributed by atoms with Crippen LogP contribution in [0.2, 0.25) is 0 Å². The largest absolute Gasteiger partial charge is 0.377 e. The van der Waals surface area contributed by atoms with Gasteiger partial charge in [-0.1, -0.05) is 6.07 Å². The first-order valence-electron chi connectivity index (χ1n) is 13.2. The number of ether oxygens (including phenoxy) is 1. The van der Waals surface area contributed by atoms with Crippen molar-refractivity contribution >= 4 is 23.3 Å². The van der Waals surface area contributed by atoms with Gasteiger partial charge in [0.2, 0.25) is 11.5 Å². The lowest BCUT2D eigenvalue weighted by Gasteiger charge is -2.38. The van der Waals surface area contributed by atoms with Crippen LogP contribution in [0.3, 0.4) is 0 Å². The highest BCUT2D eigenvalue weighted by atomic mass is 16.5. The van der Waals surface area contributed by atoms with Crippen molar-refractivity contribution in [3.8, 4) is 11.4 Å². The number of anilines is 4. The van der Waals surface area contributed by atoms with Crippen LogP contribution in [-0.2, 0) is 24.2 Å². The van der Waals surface area contributed by atoms with Gasteiger partial charge >= 0.3 is 0 Å². The molecule has 2 aliphatic rings. The topological polar surface area (TPSA) is 104 Å². The number of H-pyrrole nitrogens is 1. The molecule has 38 heavy (non-hydrogen) atoms. The lowest BCUT2D eigenvalue weighted by atomic mass is 10.0. The van der Waals surface area contributed by atoms with E-state index in [1.807, 2.05) is 42.7 Å². The number of imidazole rings is 1. The molecule has 0 bridgehead atoms. The minimum Gasteiger partial charge on any atom is -0.377 e. The maximum Gasteiger partial charge on any atom is 0.249 e. The summed E-state index contributed by atoms with van der Waals surface area (Å²) in [7, 11) is 0. The molecule has 1 fully saturated rings. The standard InChI is InChI=1S/C28H32N8O2/c1-3-34-14-12-29-28(34)35-13-11-22-23(17-35)31-26(33-27(22)36-15-16-38-18-19(36)2)20-7-9-21(10-8-20)30-24-5-4-6-25(37)32-24/h4-10,12,14,19H,3,11,13,15-18H2,1-2H3,(H2,30,32,37)/t19-/m0/s1. The molecule has 10 nitrogen and oxygen atoms in total. The lowest BCUT2D eigenvalue weighted by Crippen LogP contribution is -2.45. The number of nitrogens with zero attached hydrogens (tertiary/aromatic N) is 6. The van der Waals surface area contributed by atoms with Crippen molar-refractivity contribution in [3.63, 3.8) is 0 Å². The quantitative estimate of drug-likeness (QED) is 0.404. The van der Waals surface area contributed by atoms with Crippen molar-refractivity contribution in [3.05, 3.63) is 76.5 Å². The number of hydrogen-bond acceptors (Lipinski definition) is 8. The third kappa shape index (κ3) is 4.74. The average molecular weight is 513 g/mol. The number of benzene rings is 1. The molecule has 0 spiro atoms. The average Bonchev–Trinajstić information content (AvgIpc) is 3.42. The molecule has 1 atom stereocenters. The van der Waals surface area contributed by atoms with E-state index in [1.54, 1.807) is 6.07 Å². The van der Waals surface area contributed by atoms with Crippen molar-refractivity contribution in [1.82, 2.24) is 24.5 Å². The Labute approximate surface area is 221 Å². The molecule has 2 N–H and O–H groups in total. The number of aryl methyl sites for hydroxylation is 1. The van der Waals surface area contributed by atoms with Gasteiger partial charge in [-0.2, -0.15) is 0 Å². The second-order valence-electron chi connectivity index (χ2n) is 9.73. The number of fused-ring (bicyclic) bond motifs is 1. The molecule has 0 aliphatic carbocycles. The molecular formula is C28H32N8O2. The number of pyridine rings is 1. The third-order valence-electron chi connectivity index (χ3n) is 7.19. The van der Waals surface area contributed by atoms with E-state index < -0.39 is 0 Å². The first-order valence-corrected chi connectivity index (χ1v) is 13.2. The molecular weight excluding hydrogens is 480 g/mol. The van der Waals surface area contributed by atoms with Crippen LogP contribution >= 0.6 is 0 Å². The Balaban J connectivity index is 1.35. The molecule has 0 amide bonds. The summed E-state index contributed by atoms with van der Waals surface area (Å²) in [6.07, 6.45) is 4.75. The SMILES string of the molecule is CCn1ccnc1N1CCc2c(nc(-c3ccc(Nc4cccc(=O)[nH]4)cc3)nc2N2CCOC[C@@H]2C)C1. The van der Waals surface area contributed by atoms with Gasteiger partial charge in [0.25, 0.3) is 0 Å². The molecule has 0 saturated carbocycles. The van der Waals surface area contributed by atoms with Crippen LogP contribution in [0.25, 0.3) is 11.4 Å². The fraction of sp³-hybridized carbons (Fsp3) is 0.357. The van der Waals surface area contributed by atoms with Gasteiger partial charge in [-0.05, 0) is 50.6 Å². The molecule has 6 rings (SSSR count). The molecule has 1 aromatic carbocycles. The summed E-state index contributed by atoms with van der Waals surface area (Å²) in [5.41, 5.74) is 3.93. The van der Waals surface area contributed by atoms with Crippen molar-refractivity contribution < 1.29 is 4.74 Å². The van der Waals surface area contributed by atoms with E-state index in [0.29, 0.717) is 31.4 Å². The van der Waals surface area contributed by atoms with E-state index in [1.165, 1.54) is 11.6 Å². The van der Waals surface area contributed by atoms with Crippen LogP contribution in [-0.4, -0.2) is 56.8 Å². The second kappa shape index (κ2) is 10.3. The number of aromatic amines is 1. The Morgan fingerprint density at radius 3 is 2.79 bits per heavy atom. The van der Waals surface area contributed by atoms with Crippen molar-refractivity contribution in [2.75, 3.05) is 41.4 Å². The molecule has 10 heteroatoms. The number of hydrogen-bond donors (Lipinski definition) is 2. The van der Waals surface area contributed by atoms with Crippen LogP contribution in [0.15, 0.2) is 59.7 Å². The first kappa shape index (κ1) is 24.2. The lowest BCUT2D eigenvalue weighted by molar-refractivity contribution is 0.0984. The molecule has 0 radical (unpaired) electrons. The van der Waals surface area contributed by atoms with Crippen molar-refractivity contribution in [2.24, 2.45) is 0 Å². The molecule has 5 heterocycles. The van der Waals surface area contributed by atoms with E-state index in [-0.39, 0.29) is 11.6 Å². The Morgan fingerprint density at radius 2 is 2.00 bits per heavy atom. The number of aromatic nitrogens is 5. The van der Waals surface area contributed by atoms with Crippen molar-refractivity contribution in [1.29, 1.82) is 0 Å². The Bertz CT molecular complexity index is 1480. The summed E-state index contributed by atoms with van der Waals surface area (Å²) >= 11 is 0. The number of rotatable bonds is 6. The van der Waals surface area contributed by atoms with Crippen LogP contribution in [0.1, 0.15) is 25.1 Å². The summed E-state index contributed by atoms with van der Waals surface area (Å²) in [5, 5.41) is 3.24. The third-order valence-corrected chi connectivity index (χ3v) is 7.19. The van der Waals surface area contributed by atoms with Gasteiger partial charge < -0.3 is 29.4 Å². The minimum atomic E-state index is -0.144. The number of morpholine rings is 1. The van der Waals surface area contributed by atoms with Gasteiger partial charge in [0.05, 0.1) is 31.5 Å². The van der Waals surface area contributed by atoms with Gasteiger partial charge in [0.15, 0.2) is 5.82 Å². The second-order valence-corrected chi connectivity index (χ2v) is 9.73. The molecule has 196 valence electrons. The van der Waals surface area contributed by atoms with Crippen LogP contribution in [0, 0.1) is 0 Å². The van der Waals surface area contributed by atoms with Gasteiger partial charge in [-0.15, -0.1) is 0 Å². The van der Waals surface area contributed by atoms with Crippen LogP contribution in [0.5, 0.6) is 0 Å². The predicted octanol–water partition coefficient (Wildman–Crippen LogP) is 3.58. The van der Waals surface area contributed by atoms with Crippen LogP contribution < -0.4 is 20.7 Å². The summed E-state index contributed by atoms with van der Waals surface area (Å²) in [5.74, 6) is 3.35. The highest BCUT2D eigenvalue weighted by molar-refractivity contribution is 5.66. The highest BCUT2D eigenvalue weighted by Crippen LogP contribution is 2.33. The van der Waals surface area contributed by atoms with Crippen molar-refractivity contribution in [2.45, 2.75) is 39.4 Å². The Kier molecular flexibility index (Phi) is 6.55. The molecule has 3 aromatic heterocycles. The van der Waals surface area contributed by atoms with Crippen LogP contribution in [0.4, 0.5) is 23.3 Å². The van der Waals surface area contributed by atoms with Gasteiger partial charge in [0.1, 0.15) is 11.6 Å². The molecule has 2 aliphatic heterocycles. The molecule has 0 unspecified atom stereocenters. The maximum atomic E-state index is 11.6. The Hall–Kier alpha value is -4.18. The van der Waals surface area contributed by atoms with E-state index in [9.17, 15) is 4.79 Å². The summed E-state index contributed by atoms with van der Waals surface area (Å²) in [4.78, 5) is 33.9. The van der Waals surface area contributed by atoms with E-state index >= 15 is 0 Å². The van der Waals surface area contributed by atoms with E-state index in [2.05, 4.69) is 43.5 Å². The summed E-state index contributed by atoms with van der Waals surface area (Å²) in [6.45, 7) is 8.96. The zero-order valence-corrected chi connectivity index (χ0v) is 21.7. The maximum absolute atomic E-state index is 11.6. The molecule has 4 aromatic rings. The normalized spacial score (nSPS) is 17.4. The van der Waals surface area contributed by atoms with E-state index in [0.717, 1.165) is 54.8 Å². The van der Waals surface area contributed by atoms with Gasteiger partial charge in [-0.25, -0.2) is 15.0 Å². The zero-order chi connectivity index (χ0) is 26.1. The van der Waals surface area contributed by atoms with Gasteiger partial charge in [0, 0.05) is 54.9 Å². The zero-order valence-electron chi connectivity index (χ0n) is 21.7. The summed E-state index contributed by atoms with van der Waals surface area (Å²) < 4.78 is 7.89. The fourth-order valence-electron chi connectivity index (χ4n) is 5.20. The minimum absolute atomic E-state index is 0.144. The number of nitrogens with one attached hydrogen (secondary N) is 2. The Morgan fingerprint density at radius 1 is 1.13 bits per heavy atom. The van der Waals surface area contributed by atoms with E-state index in [4.69, 9.17) is 14.7 Å². The predicted molar refractivity (Wildman–Crippen MR) is 148 cm³/mol. The summed E-state index contributed by atoms with van der Waals surface area (Å²) in [6, 6.07) is 13.3. The fourth-order valence-corrected chi connectivity index (χ4v) is 5.20. The monoisotopic (exact) mass is 512 g/mol. The highest BCUT2D eigenvalue weighted by Gasteiger charge is 2.30.